The summed E-state index contributed by atoms with van der Waals surface area (Å²) in [6, 6.07) is 29.9. The van der Waals surface area contributed by atoms with Crippen molar-refractivity contribution in [2.24, 2.45) is 0 Å². The lowest BCUT2D eigenvalue weighted by molar-refractivity contribution is -0.0897. The highest BCUT2D eigenvalue weighted by Gasteiger charge is 2.49. The van der Waals surface area contributed by atoms with Crippen LogP contribution in [0.3, 0.4) is 0 Å². The van der Waals surface area contributed by atoms with Gasteiger partial charge in [-0.2, -0.15) is 0 Å². The first kappa shape index (κ1) is 29.6. The summed E-state index contributed by atoms with van der Waals surface area (Å²) in [6.07, 6.45) is -1.89. The molecule has 4 rings (SSSR count). The first-order chi connectivity index (χ1) is 19.1. The summed E-state index contributed by atoms with van der Waals surface area (Å²) in [5.74, 6) is 0. The Labute approximate surface area is 231 Å². The standard InChI is InChI=1S/C31H39O7P/c1-3-36-39(32,37-4-2)24-29-31(35-22-27-18-12-7-13-19-27)30(34-21-26-16-10-6-11-17-26)28(38-29)23-33-20-25-14-8-5-9-15-25/h5-19,28-31H,3-4,20-24H2,1-2H3/t28-,29+,30-,31-/m1/s1. The van der Waals surface area contributed by atoms with Crippen molar-refractivity contribution in [3.8, 4) is 0 Å². The summed E-state index contributed by atoms with van der Waals surface area (Å²) in [4.78, 5) is 0. The van der Waals surface area contributed by atoms with E-state index in [2.05, 4.69) is 0 Å². The molecule has 7 nitrogen and oxygen atoms in total. The minimum Gasteiger partial charge on any atom is -0.374 e. The van der Waals surface area contributed by atoms with Crippen molar-refractivity contribution in [2.45, 2.75) is 58.1 Å². The van der Waals surface area contributed by atoms with Gasteiger partial charge in [-0.15, -0.1) is 0 Å². The fourth-order valence-corrected chi connectivity index (χ4v) is 6.45. The smallest absolute Gasteiger partial charge is 0.333 e. The van der Waals surface area contributed by atoms with Crippen LogP contribution in [0.25, 0.3) is 0 Å². The van der Waals surface area contributed by atoms with Crippen molar-refractivity contribution in [2.75, 3.05) is 26.0 Å². The van der Waals surface area contributed by atoms with Crippen LogP contribution in [0.4, 0.5) is 0 Å². The van der Waals surface area contributed by atoms with E-state index in [1.807, 2.05) is 91.0 Å². The van der Waals surface area contributed by atoms with E-state index in [9.17, 15) is 4.57 Å². The SMILES string of the molecule is CCOP(=O)(C[C@@H]1O[C@H](COCc2ccccc2)[C@@H](OCc2ccccc2)[C@@H]1OCc1ccccc1)OCC. The average Bonchev–Trinajstić information content (AvgIpc) is 3.27. The lowest BCUT2D eigenvalue weighted by Gasteiger charge is -2.26. The van der Waals surface area contributed by atoms with Crippen LogP contribution >= 0.6 is 7.60 Å². The van der Waals surface area contributed by atoms with E-state index in [1.165, 1.54) is 0 Å². The van der Waals surface area contributed by atoms with E-state index in [-0.39, 0.29) is 19.4 Å². The molecule has 1 heterocycles. The summed E-state index contributed by atoms with van der Waals surface area (Å²) >= 11 is 0. The van der Waals surface area contributed by atoms with Crippen molar-refractivity contribution >= 4 is 7.60 Å². The molecule has 0 spiro atoms. The van der Waals surface area contributed by atoms with E-state index in [0.29, 0.717) is 26.4 Å². The summed E-state index contributed by atoms with van der Waals surface area (Å²) in [6.45, 7) is 5.64. The van der Waals surface area contributed by atoms with Crippen LogP contribution in [0.1, 0.15) is 30.5 Å². The number of hydrogen-bond acceptors (Lipinski definition) is 7. The molecule has 1 fully saturated rings. The topological polar surface area (TPSA) is 72.5 Å². The van der Waals surface area contributed by atoms with E-state index in [0.717, 1.165) is 16.7 Å². The molecular formula is C31H39O7P. The quantitative estimate of drug-likeness (QED) is 0.190. The van der Waals surface area contributed by atoms with Crippen LogP contribution < -0.4 is 0 Å². The Hall–Kier alpha value is -2.35. The second-order valence-corrected chi connectivity index (χ2v) is 11.5. The van der Waals surface area contributed by atoms with Crippen LogP contribution in [0, 0.1) is 0 Å². The van der Waals surface area contributed by atoms with Crippen molar-refractivity contribution in [3.05, 3.63) is 108 Å². The maximum absolute atomic E-state index is 13.5. The molecule has 1 saturated heterocycles. The number of benzene rings is 3. The fourth-order valence-electron chi connectivity index (χ4n) is 4.64. The minimum absolute atomic E-state index is 0.0640. The van der Waals surface area contributed by atoms with Gasteiger partial charge in [0.15, 0.2) is 0 Å². The van der Waals surface area contributed by atoms with Gasteiger partial charge in [-0.05, 0) is 30.5 Å². The van der Waals surface area contributed by atoms with Gasteiger partial charge in [0.05, 0.1) is 51.9 Å². The van der Waals surface area contributed by atoms with Crippen LogP contribution in [0.2, 0.25) is 0 Å². The van der Waals surface area contributed by atoms with Gasteiger partial charge in [0.25, 0.3) is 0 Å². The highest BCUT2D eigenvalue weighted by atomic mass is 31.2. The Morgan fingerprint density at radius 1 is 0.641 bits per heavy atom. The minimum atomic E-state index is -3.41. The number of ether oxygens (including phenoxy) is 4. The van der Waals surface area contributed by atoms with Crippen LogP contribution in [-0.4, -0.2) is 50.4 Å². The molecular weight excluding hydrogens is 515 g/mol. The molecule has 1 aliphatic heterocycles. The van der Waals surface area contributed by atoms with Gasteiger partial charge in [0.2, 0.25) is 0 Å². The molecule has 0 N–H and O–H groups in total. The van der Waals surface area contributed by atoms with Crippen LogP contribution in [-0.2, 0) is 52.4 Å². The summed E-state index contributed by atoms with van der Waals surface area (Å²) < 4.78 is 50.2. The third-order valence-electron chi connectivity index (χ3n) is 6.43. The highest BCUT2D eigenvalue weighted by Crippen LogP contribution is 2.50. The van der Waals surface area contributed by atoms with E-state index >= 15 is 0 Å². The van der Waals surface area contributed by atoms with E-state index in [4.69, 9.17) is 28.0 Å². The van der Waals surface area contributed by atoms with Gasteiger partial charge in [-0.3, -0.25) is 4.57 Å². The fraction of sp³-hybridized carbons (Fsp3) is 0.419. The van der Waals surface area contributed by atoms with Gasteiger partial charge in [-0.25, -0.2) is 0 Å². The van der Waals surface area contributed by atoms with E-state index < -0.39 is 32.0 Å². The molecule has 1 aliphatic rings. The molecule has 3 aromatic carbocycles. The first-order valence-electron chi connectivity index (χ1n) is 13.6. The Morgan fingerprint density at radius 3 is 1.54 bits per heavy atom. The molecule has 0 saturated carbocycles. The Kier molecular flexibility index (Phi) is 11.7. The number of hydrogen-bond donors (Lipinski definition) is 0. The third kappa shape index (κ3) is 9.09. The molecule has 4 atom stereocenters. The van der Waals surface area contributed by atoms with Crippen molar-refractivity contribution in [1.29, 1.82) is 0 Å². The monoisotopic (exact) mass is 554 g/mol. The second kappa shape index (κ2) is 15.4. The Morgan fingerprint density at radius 2 is 1.08 bits per heavy atom. The zero-order valence-electron chi connectivity index (χ0n) is 22.7. The molecule has 0 radical (unpaired) electrons. The first-order valence-corrected chi connectivity index (χ1v) is 15.3. The maximum atomic E-state index is 13.5. The third-order valence-corrected chi connectivity index (χ3v) is 8.54. The van der Waals surface area contributed by atoms with Crippen molar-refractivity contribution in [1.82, 2.24) is 0 Å². The summed E-state index contributed by atoms with van der Waals surface area (Å²) in [5.41, 5.74) is 3.14. The van der Waals surface area contributed by atoms with Gasteiger partial charge in [0.1, 0.15) is 18.3 Å². The average molecular weight is 555 g/mol. The largest absolute Gasteiger partial charge is 0.374 e. The predicted octanol–water partition coefficient (Wildman–Crippen LogP) is 6.41. The molecule has 39 heavy (non-hydrogen) atoms. The number of rotatable bonds is 16. The van der Waals surface area contributed by atoms with Crippen LogP contribution in [0.5, 0.6) is 0 Å². The highest BCUT2D eigenvalue weighted by molar-refractivity contribution is 7.53. The van der Waals surface area contributed by atoms with Gasteiger partial charge >= 0.3 is 7.60 Å². The molecule has 8 heteroatoms. The molecule has 0 bridgehead atoms. The molecule has 0 aliphatic carbocycles. The van der Waals surface area contributed by atoms with Crippen molar-refractivity contribution < 1.29 is 32.6 Å². The predicted molar refractivity (Wildman–Crippen MR) is 151 cm³/mol. The zero-order chi connectivity index (χ0) is 27.3. The molecule has 3 aromatic rings. The van der Waals surface area contributed by atoms with Gasteiger partial charge < -0.3 is 28.0 Å². The molecule has 0 aromatic heterocycles. The van der Waals surface area contributed by atoms with Gasteiger partial charge in [-0.1, -0.05) is 91.0 Å². The second-order valence-electron chi connectivity index (χ2n) is 9.37. The molecule has 0 unspecified atom stereocenters. The van der Waals surface area contributed by atoms with E-state index in [1.54, 1.807) is 13.8 Å². The lowest BCUT2D eigenvalue weighted by Crippen LogP contribution is -2.40. The Bertz CT molecular complexity index is 1120. The molecule has 210 valence electrons. The van der Waals surface area contributed by atoms with Crippen molar-refractivity contribution in [3.63, 3.8) is 0 Å². The van der Waals surface area contributed by atoms with Gasteiger partial charge in [0, 0.05) is 0 Å². The summed E-state index contributed by atoms with van der Waals surface area (Å²) in [5, 5.41) is 0. The lowest BCUT2D eigenvalue weighted by atomic mass is 10.1. The van der Waals surface area contributed by atoms with Crippen LogP contribution in [0.15, 0.2) is 91.0 Å². The maximum Gasteiger partial charge on any atom is 0.333 e. The normalized spacial score (nSPS) is 21.3. The summed E-state index contributed by atoms with van der Waals surface area (Å²) in [7, 11) is -3.41. The zero-order valence-corrected chi connectivity index (χ0v) is 23.6. The Balaban J connectivity index is 1.54. The molecule has 0 amide bonds.